The Bertz CT molecular complexity index is 805. The summed E-state index contributed by atoms with van der Waals surface area (Å²) in [4.78, 5) is 40.9. The zero-order chi connectivity index (χ0) is 20.4. The van der Waals surface area contributed by atoms with Crippen molar-refractivity contribution in [3.8, 4) is 11.5 Å². The first-order valence-corrected chi connectivity index (χ1v) is 10.3. The molecule has 1 unspecified atom stereocenters. The summed E-state index contributed by atoms with van der Waals surface area (Å²) in [6.45, 7) is 2.75. The van der Waals surface area contributed by atoms with Crippen LogP contribution in [0.4, 0.5) is 4.79 Å². The monoisotopic (exact) mass is 401 g/mol. The molecule has 8 nitrogen and oxygen atoms in total. The highest BCUT2D eigenvalue weighted by Crippen LogP contribution is 2.34. The number of hydrogen-bond acceptors (Lipinski definition) is 5. The number of hydrogen-bond donors (Lipinski definition) is 1. The largest absolute Gasteiger partial charge is 0.486 e. The molecule has 3 aliphatic rings. The average molecular weight is 401 g/mol. The average Bonchev–Trinajstić information content (AvgIpc) is 2.96. The second-order valence-corrected chi connectivity index (χ2v) is 7.89. The number of ether oxygens (including phenoxy) is 2. The molecule has 156 valence electrons. The lowest BCUT2D eigenvalue weighted by Crippen LogP contribution is -2.50. The van der Waals surface area contributed by atoms with Crippen LogP contribution in [0.15, 0.2) is 24.3 Å². The van der Waals surface area contributed by atoms with Crippen molar-refractivity contribution >= 4 is 17.8 Å². The Labute approximate surface area is 170 Å². The third kappa shape index (κ3) is 3.75. The summed E-state index contributed by atoms with van der Waals surface area (Å²) >= 11 is 0. The van der Waals surface area contributed by atoms with E-state index in [2.05, 4.69) is 5.32 Å². The van der Waals surface area contributed by atoms with Gasteiger partial charge in [-0.05, 0) is 31.9 Å². The van der Waals surface area contributed by atoms with E-state index < -0.39 is 11.6 Å². The summed E-state index contributed by atoms with van der Waals surface area (Å²) in [6, 6.07) is 6.95. The lowest BCUT2D eigenvalue weighted by molar-refractivity contribution is -0.140. The van der Waals surface area contributed by atoms with E-state index in [1.165, 1.54) is 0 Å². The first-order chi connectivity index (χ1) is 14.0. The summed E-state index contributed by atoms with van der Waals surface area (Å²) in [5, 5.41) is 2.85. The Morgan fingerprint density at radius 1 is 1.21 bits per heavy atom. The highest BCUT2D eigenvalue weighted by molar-refractivity contribution is 6.09. The van der Waals surface area contributed by atoms with Crippen LogP contribution in [0.1, 0.15) is 39.0 Å². The zero-order valence-corrected chi connectivity index (χ0v) is 16.7. The quantitative estimate of drug-likeness (QED) is 0.762. The molecule has 29 heavy (non-hydrogen) atoms. The van der Waals surface area contributed by atoms with Gasteiger partial charge in [0, 0.05) is 6.54 Å². The van der Waals surface area contributed by atoms with E-state index in [1.54, 1.807) is 4.90 Å². The molecule has 1 N–H and O–H groups in total. The number of rotatable bonds is 5. The van der Waals surface area contributed by atoms with Gasteiger partial charge in [-0.3, -0.25) is 14.5 Å². The van der Waals surface area contributed by atoms with E-state index >= 15 is 0 Å². The fourth-order valence-corrected chi connectivity index (χ4v) is 4.36. The number of benzene rings is 1. The van der Waals surface area contributed by atoms with Crippen LogP contribution in [0, 0.1) is 0 Å². The van der Waals surface area contributed by atoms with Crippen molar-refractivity contribution in [2.75, 3.05) is 26.2 Å². The van der Waals surface area contributed by atoms with Gasteiger partial charge in [-0.25, -0.2) is 4.79 Å². The number of likely N-dealkylation sites (N-methyl/N-ethyl adjacent to an activating group) is 1. The molecule has 0 bridgehead atoms. The Morgan fingerprint density at radius 2 is 1.93 bits per heavy atom. The number of carbonyl (C=O) groups excluding carboxylic acids is 3. The topological polar surface area (TPSA) is 88.2 Å². The maximum atomic E-state index is 12.9. The molecule has 1 atom stereocenters. The summed E-state index contributed by atoms with van der Waals surface area (Å²) in [5.41, 5.74) is -0.809. The third-order valence-corrected chi connectivity index (χ3v) is 5.97. The Kier molecular flexibility index (Phi) is 5.34. The number of fused-ring (bicyclic) bond motifs is 1. The predicted molar refractivity (Wildman–Crippen MR) is 105 cm³/mol. The van der Waals surface area contributed by atoms with Gasteiger partial charge in [0.2, 0.25) is 5.91 Å². The van der Waals surface area contributed by atoms with Gasteiger partial charge in [-0.2, -0.15) is 0 Å². The van der Waals surface area contributed by atoms with Crippen LogP contribution in [0.25, 0.3) is 0 Å². The van der Waals surface area contributed by atoms with E-state index in [1.807, 2.05) is 31.2 Å². The summed E-state index contributed by atoms with van der Waals surface area (Å²) in [6.07, 6.45) is 3.88. The second-order valence-electron chi connectivity index (χ2n) is 7.89. The molecule has 1 aromatic rings. The molecule has 8 heteroatoms. The number of imide groups is 1. The predicted octanol–water partition coefficient (Wildman–Crippen LogP) is 1.93. The van der Waals surface area contributed by atoms with Crippen LogP contribution in [0.2, 0.25) is 0 Å². The second kappa shape index (κ2) is 7.93. The van der Waals surface area contributed by atoms with Crippen molar-refractivity contribution in [1.29, 1.82) is 0 Å². The molecule has 2 heterocycles. The van der Waals surface area contributed by atoms with Gasteiger partial charge >= 0.3 is 6.03 Å². The van der Waals surface area contributed by atoms with E-state index in [0.29, 0.717) is 44.0 Å². The minimum atomic E-state index is -0.809. The van der Waals surface area contributed by atoms with Gasteiger partial charge in [-0.1, -0.05) is 31.4 Å². The number of amides is 4. The highest BCUT2D eigenvalue weighted by Gasteiger charge is 2.51. The van der Waals surface area contributed by atoms with Crippen molar-refractivity contribution in [3.05, 3.63) is 24.3 Å². The van der Waals surface area contributed by atoms with Crippen LogP contribution >= 0.6 is 0 Å². The van der Waals surface area contributed by atoms with Gasteiger partial charge in [0.25, 0.3) is 5.91 Å². The van der Waals surface area contributed by atoms with E-state index in [0.717, 1.165) is 24.2 Å². The molecule has 1 aromatic carbocycles. The summed E-state index contributed by atoms with van der Waals surface area (Å²) in [7, 11) is 0. The molecule has 0 aromatic heterocycles. The highest BCUT2D eigenvalue weighted by atomic mass is 16.6. The van der Waals surface area contributed by atoms with Crippen molar-refractivity contribution in [2.45, 2.75) is 50.7 Å². The molecular formula is C21H27N3O5. The van der Waals surface area contributed by atoms with Crippen LogP contribution in [0.5, 0.6) is 11.5 Å². The maximum Gasteiger partial charge on any atom is 0.325 e. The lowest BCUT2D eigenvalue weighted by atomic mass is 9.82. The normalized spacial score (nSPS) is 22.5. The van der Waals surface area contributed by atoms with Crippen molar-refractivity contribution in [2.24, 2.45) is 0 Å². The Hall–Kier alpha value is -2.77. The lowest BCUT2D eigenvalue weighted by Gasteiger charge is -2.32. The molecule has 1 saturated carbocycles. The number of carbonyl (C=O) groups is 3. The minimum absolute atomic E-state index is 0.246. The molecule has 2 aliphatic heterocycles. The van der Waals surface area contributed by atoms with Gasteiger partial charge in [0.1, 0.15) is 18.7 Å². The first kappa shape index (κ1) is 19.5. The fourth-order valence-electron chi connectivity index (χ4n) is 4.36. The van der Waals surface area contributed by atoms with E-state index in [-0.39, 0.29) is 24.5 Å². The van der Waals surface area contributed by atoms with Crippen LogP contribution < -0.4 is 14.8 Å². The van der Waals surface area contributed by atoms with Crippen LogP contribution in [0.3, 0.4) is 0 Å². The van der Waals surface area contributed by atoms with E-state index in [9.17, 15) is 14.4 Å². The van der Waals surface area contributed by atoms with Crippen LogP contribution in [-0.4, -0.2) is 65.5 Å². The summed E-state index contributed by atoms with van der Waals surface area (Å²) in [5.74, 6) is 0.805. The van der Waals surface area contributed by atoms with Gasteiger partial charge in [0.15, 0.2) is 17.6 Å². The molecule has 1 saturated heterocycles. The third-order valence-electron chi connectivity index (χ3n) is 5.97. The first-order valence-electron chi connectivity index (χ1n) is 10.3. The van der Waals surface area contributed by atoms with Crippen molar-refractivity contribution < 1.29 is 23.9 Å². The Balaban J connectivity index is 1.38. The molecule has 2 fully saturated rings. The van der Waals surface area contributed by atoms with Crippen molar-refractivity contribution in [1.82, 2.24) is 15.1 Å². The maximum absolute atomic E-state index is 12.9. The molecule has 4 rings (SSSR count). The number of para-hydroxylation sites is 2. The number of nitrogens with zero attached hydrogens (tertiary/aromatic N) is 2. The molecular weight excluding hydrogens is 374 g/mol. The summed E-state index contributed by atoms with van der Waals surface area (Å²) < 4.78 is 11.7. The van der Waals surface area contributed by atoms with Gasteiger partial charge in [0.05, 0.1) is 6.54 Å². The standard InChI is InChI=1S/C21H27N3O5/c1-2-23(12-15-14-28-16-8-4-5-9-17(16)29-15)18(25)13-24-19(26)21(22-20(24)27)10-6-3-7-11-21/h4-5,8-9,15H,2-3,6-7,10-14H2,1H3,(H,22,27). The Morgan fingerprint density at radius 3 is 2.66 bits per heavy atom. The van der Waals surface area contributed by atoms with Crippen molar-refractivity contribution in [3.63, 3.8) is 0 Å². The van der Waals surface area contributed by atoms with E-state index in [4.69, 9.17) is 9.47 Å². The van der Waals surface area contributed by atoms with Gasteiger partial charge in [-0.15, -0.1) is 0 Å². The zero-order valence-electron chi connectivity index (χ0n) is 16.7. The van der Waals surface area contributed by atoms with Crippen LogP contribution in [-0.2, 0) is 9.59 Å². The minimum Gasteiger partial charge on any atom is -0.486 e. The molecule has 1 spiro atoms. The number of nitrogens with one attached hydrogen (secondary N) is 1. The fraction of sp³-hybridized carbons (Fsp3) is 0.571. The van der Waals surface area contributed by atoms with Gasteiger partial charge < -0.3 is 19.7 Å². The smallest absolute Gasteiger partial charge is 0.325 e. The molecule has 4 amide bonds. The molecule has 1 aliphatic carbocycles. The number of urea groups is 1. The molecule has 0 radical (unpaired) electrons. The SMILES string of the molecule is CCN(CC1COc2ccccc2O1)C(=O)CN1C(=O)NC2(CCCCC2)C1=O.